The van der Waals surface area contributed by atoms with E-state index in [1.165, 1.54) is 0 Å². The normalized spacial score (nSPS) is 10.5. The van der Waals surface area contributed by atoms with Gasteiger partial charge in [0.25, 0.3) is 0 Å². The van der Waals surface area contributed by atoms with E-state index >= 15 is 0 Å². The predicted molar refractivity (Wildman–Crippen MR) is 83.2 cm³/mol. The maximum absolute atomic E-state index is 5.41. The fourth-order valence-corrected chi connectivity index (χ4v) is 3.29. The molecular formula is C14H14Br2N2O. The third-order valence-electron chi connectivity index (χ3n) is 2.66. The summed E-state index contributed by atoms with van der Waals surface area (Å²) >= 11 is 6.99. The van der Waals surface area contributed by atoms with Crippen LogP contribution >= 0.6 is 31.9 Å². The summed E-state index contributed by atoms with van der Waals surface area (Å²) in [5.74, 6) is 0.863. The molecule has 0 aliphatic rings. The van der Waals surface area contributed by atoms with E-state index in [2.05, 4.69) is 48.2 Å². The first-order chi connectivity index (χ1) is 9.20. The molecule has 100 valence electrons. The number of benzene rings is 1. The number of aromatic nitrogens is 1. The molecule has 0 spiro atoms. The minimum atomic E-state index is 0.732. The lowest BCUT2D eigenvalue weighted by Gasteiger charge is -2.12. The van der Waals surface area contributed by atoms with Crippen molar-refractivity contribution in [3.05, 3.63) is 56.7 Å². The molecule has 1 N–H and O–H groups in total. The van der Waals surface area contributed by atoms with Crippen molar-refractivity contribution in [2.24, 2.45) is 0 Å². The summed E-state index contributed by atoms with van der Waals surface area (Å²) in [4.78, 5) is 4.09. The molecule has 0 aliphatic heterocycles. The number of hydrogen-bond acceptors (Lipinski definition) is 3. The van der Waals surface area contributed by atoms with Crippen molar-refractivity contribution in [2.45, 2.75) is 13.1 Å². The summed E-state index contributed by atoms with van der Waals surface area (Å²) in [5.41, 5.74) is 2.27. The second-order valence-electron chi connectivity index (χ2n) is 4.04. The quantitative estimate of drug-likeness (QED) is 0.847. The Hall–Kier alpha value is -0.910. The standard InChI is InChI=1S/C14H14Br2N2O/c1-19-14-11(5-12(15)6-13(14)16)9-18-8-10-3-2-4-17-7-10/h2-7,18H,8-9H2,1H3. The second-order valence-corrected chi connectivity index (χ2v) is 5.81. The van der Waals surface area contributed by atoms with Gasteiger partial charge in [-0.15, -0.1) is 0 Å². The lowest BCUT2D eigenvalue weighted by molar-refractivity contribution is 0.405. The fourth-order valence-electron chi connectivity index (χ4n) is 1.82. The SMILES string of the molecule is COc1c(Br)cc(Br)cc1CNCc1cccnc1. The van der Waals surface area contributed by atoms with Crippen LogP contribution in [0.1, 0.15) is 11.1 Å². The van der Waals surface area contributed by atoms with Crippen molar-refractivity contribution in [3.63, 3.8) is 0 Å². The highest BCUT2D eigenvalue weighted by molar-refractivity contribution is 9.11. The number of ether oxygens (including phenoxy) is 1. The number of rotatable bonds is 5. The summed E-state index contributed by atoms with van der Waals surface area (Å²) in [6, 6.07) is 8.02. The van der Waals surface area contributed by atoms with Gasteiger partial charge in [-0.3, -0.25) is 4.98 Å². The predicted octanol–water partition coefficient (Wildman–Crippen LogP) is 3.91. The summed E-state index contributed by atoms with van der Waals surface area (Å²) in [7, 11) is 1.68. The molecule has 0 unspecified atom stereocenters. The molecule has 1 aromatic heterocycles. The number of nitrogens with one attached hydrogen (secondary N) is 1. The van der Waals surface area contributed by atoms with Crippen LogP contribution in [-0.2, 0) is 13.1 Å². The highest BCUT2D eigenvalue weighted by Crippen LogP contribution is 2.32. The van der Waals surface area contributed by atoms with Crippen LogP contribution in [0.4, 0.5) is 0 Å². The Morgan fingerprint density at radius 3 is 2.79 bits per heavy atom. The smallest absolute Gasteiger partial charge is 0.137 e. The molecule has 0 saturated carbocycles. The molecule has 2 rings (SSSR count). The molecule has 1 aromatic carbocycles. The maximum atomic E-state index is 5.41. The minimum absolute atomic E-state index is 0.732. The Kier molecular flexibility index (Phi) is 5.36. The van der Waals surface area contributed by atoms with Crippen LogP contribution < -0.4 is 10.1 Å². The molecule has 0 saturated heterocycles. The zero-order valence-electron chi connectivity index (χ0n) is 10.5. The average molecular weight is 386 g/mol. The third-order valence-corrected chi connectivity index (χ3v) is 3.70. The molecule has 2 aromatic rings. The lowest BCUT2D eigenvalue weighted by atomic mass is 10.2. The third kappa shape index (κ3) is 4.03. The van der Waals surface area contributed by atoms with Crippen LogP contribution in [0.5, 0.6) is 5.75 Å². The number of pyridine rings is 1. The number of hydrogen-bond donors (Lipinski definition) is 1. The summed E-state index contributed by atoms with van der Waals surface area (Å²) < 4.78 is 7.39. The van der Waals surface area contributed by atoms with Gasteiger partial charge in [0, 0.05) is 35.5 Å². The van der Waals surface area contributed by atoms with Crippen molar-refractivity contribution in [1.82, 2.24) is 10.3 Å². The van der Waals surface area contributed by atoms with Gasteiger partial charge in [0.2, 0.25) is 0 Å². The topological polar surface area (TPSA) is 34.1 Å². The largest absolute Gasteiger partial charge is 0.495 e. The van der Waals surface area contributed by atoms with Crippen LogP contribution in [0.2, 0.25) is 0 Å². The second kappa shape index (κ2) is 7.03. The lowest BCUT2D eigenvalue weighted by Crippen LogP contribution is -2.13. The first kappa shape index (κ1) is 14.5. The van der Waals surface area contributed by atoms with E-state index in [0.717, 1.165) is 38.9 Å². The van der Waals surface area contributed by atoms with Gasteiger partial charge in [-0.05, 0) is 39.7 Å². The fraction of sp³-hybridized carbons (Fsp3) is 0.214. The molecule has 0 atom stereocenters. The van der Waals surface area contributed by atoms with E-state index in [4.69, 9.17) is 4.74 Å². The monoisotopic (exact) mass is 384 g/mol. The van der Waals surface area contributed by atoms with Crippen LogP contribution in [-0.4, -0.2) is 12.1 Å². The molecule has 0 bridgehead atoms. The van der Waals surface area contributed by atoms with Gasteiger partial charge < -0.3 is 10.1 Å². The van der Waals surface area contributed by atoms with E-state index in [-0.39, 0.29) is 0 Å². The van der Waals surface area contributed by atoms with Crippen LogP contribution in [0, 0.1) is 0 Å². The van der Waals surface area contributed by atoms with E-state index in [1.54, 1.807) is 13.3 Å². The summed E-state index contributed by atoms with van der Waals surface area (Å²) in [6.45, 7) is 1.51. The minimum Gasteiger partial charge on any atom is -0.495 e. The Morgan fingerprint density at radius 2 is 2.11 bits per heavy atom. The van der Waals surface area contributed by atoms with Gasteiger partial charge in [0.05, 0.1) is 11.6 Å². The van der Waals surface area contributed by atoms with Gasteiger partial charge in [-0.2, -0.15) is 0 Å². The van der Waals surface area contributed by atoms with Crippen molar-refractivity contribution < 1.29 is 4.74 Å². The molecule has 3 nitrogen and oxygen atoms in total. The van der Waals surface area contributed by atoms with Gasteiger partial charge in [0.1, 0.15) is 5.75 Å². The van der Waals surface area contributed by atoms with Crippen molar-refractivity contribution in [2.75, 3.05) is 7.11 Å². The van der Waals surface area contributed by atoms with Crippen LogP contribution in [0.3, 0.4) is 0 Å². The number of nitrogens with zero attached hydrogens (tertiary/aromatic N) is 1. The Morgan fingerprint density at radius 1 is 1.26 bits per heavy atom. The van der Waals surface area contributed by atoms with E-state index < -0.39 is 0 Å². The molecule has 5 heteroatoms. The highest BCUT2D eigenvalue weighted by Gasteiger charge is 2.08. The summed E-state index contributed by atoms with van der Waals surface area (Å²) in [6.07, 6.45) is 3.64. The molecule has 19 heavy (non-hydrogen) atoms. The maximum Gasteiger partial charge on any atom is 0.137 e. The van der Waals surface area contributed by atoms with Gasteiger partial charge in [0.15, 0.2) is 0 Å². The van der Waals surface area contributed by atoms with Crippen molar-refractivity contribution >= 4 is 31.9 Å². The van der Waals surface area contributed by atoms with Gasteiger partial charge in [-0.1, -0.05) is 22.0 Å². The zero-order chi connectivity index (χ0) is 13.7. The Labute approximate surface area is 129 Å². The first-order valence-electron chi connectivity index (χ1n) is 5.82. The van der Waals surface area contributed by atoms with Crippen molar-refractivity contribution in [3.8, 4) is 5.75 Å². The molecule has 0 radical (unpaired) electrons. The van der Waals surface area contributed by atoms with E-state index in [1.807, 2.05) is 24.4 Å². The van der Waals surface area contributed by atoms with Crippen LogP contribution in [0.25, 0.3) is 0 Å². The molecule has 0 amide bonds. The van der Waals surface area contributed by atoms with Gasteiger partial charge >= 0.3 is 0 Å². The first-order valence-corrected chi connectivity index (χ1v) is 7.41. The molecular weight excluding hydrogens is 372 g/mol. The van der Waals surface area contributed by atoms with E-state index in [0.29, 0.717) is 0 Å². The van der Waals surface area contributed by atoms with Gasteiger partial charge in [-0.25, -0.2) is 0 Å². The molecule has 1 heterocycles. The van der Waals surface area contributed by atoms with Crippen molar-refractivity contribution in [1.29, 1.82) is 0 Å². The molecule has 0 aliphatic carbocycles. The summed E-state index contributed by atoms with van der Waals surface area (Å²) in [5, 5.41) is 3.39. The van der Waals surface area contributed by atoms with Crippen LogP contribution in [0.15, 0.2) is 45.6 Å². The highest BCUT2D eigenvalue weighted by atomic mass is 79.9. The molecule has 0 fully saturated rings. The number of methoxy groups -OCH3 is 1. The average Bonchev–Trinajstić information content (AvgIpc) is 2.39. The Balaban J connectivity index is 2.03. The Bertz CT molecular complexity index is 547. The van der Waals surface area contributed by atoms with E-state index in [9.17, 15) is 0 Å². The zero-order valence-corrected chi connectivity index (χ0v) is 13.7. The number of halogens is 2.